The van der Waals surface area contributed by atoms with E-state index in [1.807, 2.05) is 0 Å². The van der Waals surface area contributed by atoms with Crippen LogP contribution in [0.4, 0.5) is 0 Å². The normalized spacial score (nSPS) is 5.56. The van der Waals surface area contributed by atoms with Gasteiger partial charge in [-0.05, 0) is 0 Å². The van der Waals surface area contributed by atoms with Gasteiger partial charge in [-0.3, -0.25) is 9.59 Å². The maximum atomic E-state index is 9.00. The van der Waals surface area contributed by atoms with E-state index in [-0.39, 0.29) is 17.4 Å². The molecule has 0 bridgehead atoms. The first-order valence-electron chi connectivity index (χ1n) is 1.86. The molecule has 0 aliphatic rings. The number of hydrogen-bond acceptors (Lipinski definition) is 2. The SMILES string of the molecule is CC(=O)O.CC(=O)O.[Cr]. The van der Waals surface area contributed by atoms with Gasteiger partial charge in [-0.15, -0.1) is 0 Å². The molecule has 0 saturated carbocycles. The Hall–Kier alpha value is -0.528. The minimum Gasteiger partial charge on any atom is -0.481 e. The number of carboxylic acid groups (broad SMARTS) is 2. The molecule has 0 unspecified atom stereocenters. The molecule has 0 heterocycles. The van der Waals surface area contributed by atoms with E-state index in [0.29, 0.717) is 0 Å². The average molecular weight is 172 g/mol. The van der Waals surface area contributed by atoms with E-state index in [1.165, 1.54) is 0 Å². The zero-order chi connectivity index (χ0) is 7.15. The van der Waals surface area contributed by atoms with Gasteiger partial charge in [0.1, 0.15) is 0 Å². The Morgan fingerprint density at radius 3 is 1.00 bits per heavy atom. The minimum atomic E-state index is -0.833. The second-order valence-corrected chi connectivity index (χ2v) is 1.04. The first-order valence-corrected chi connectivity index (χ1v) is 1.86. The molecule has 0 fully saturated rings. The Morgan fingerprint density at radius 1 is 1.00 bits per heavy atom. The number of carbonyl (C=O) groups is 2. The zero-order valence-electron chi connectivity index (χ0n) is 5.12. The Labute approximate surface area is 63.6 Å². The van der Waals surface area contributed by atoms with Gasteiger partial charge < -0.3 is 10.2 Å². The Bertz CT molecular complexity index is 70.6. The minimum absolute atomic E-state index is 0. The molecular weight excluding hydrogens is 164 g/mol. The summed E-state index contributed by atoms with van der Waals surface area (Å²) < 4.78 is 0. The summed E-state index contributed by atoms with van der Waals surface area (Å²) >= 11 is 0. The van der Waals surface area contributed by atoms with Crippen LogP contribution < -0.4 is 0 Å². The summed E-state index contributed by atoms with van der Waals surface area (Å²) in [6.07, 6.45) is 0. The van der Waals surface area contributed by atoms with Crippen molar-refractivity contribution in [1.82, 2.24) is 0 Å². The van der Waals surface area contributed by atoms with Crippen LogP contribution in [0.3, 0.4) is 0 Å². The van der Waals surface area contributed by atoms with Crippen LogP contribution in [0.1, 0.15) is 13.8 Å². The van der Waals surface area contributed by atoms with Gasteiger partial charge in [-0.1, -0.05) is 0 Å². The van der Waals surface area contributed by atoms with E-state index in [1.54, 1.807) is 0 Å². The van der Waals surface area contributed by atoms with E-state index >= 15 is 0 Å². The second-order valence-electron chi connectivity index (χ2n) is 1.04. The summed E-state index contributed by atoms with van der Waals surface area (Å²) in [5, 5.41) is 14.8. The topological polar surface area (TPSA) is 74.6 Å². The molecule has 0 spiro atoms. The molecule has 5 heteroatoms. The van der Waals surface area contributed by atoms with Crippen LogP contribution in [0.25, 0.3) is 0 Å². The van der Waals surface area contributed by atoms with Crippen LogP contribution in [-0.2, 0) is 27.0 Å². The molecule has 0 aromatic carbocycles. The molecule has 0 radical (unpaired) electrons. The van der Waals surface area contributed by atoms with Crippen molar-refractivity contribution in [1.29, 1.82) is 0 Å². The van der Waals surface area contributed by atoms with E-state index in [9.17, 15) is 0 Å². The molecule has 0 aliphatic heterocycles. The smallest absolute Gasteiger partial charge is 0.300 e. The van der Waals surface area contributed by atoms with E-state index < -0.39 is 11.9 Å². The van der Waals surface area contributed by atoms with E-state index in [0.717, 1.165) is 13.8 Å². The average Bonchev–Trinajstić information content (AvgIpc) is 1.25. The Kier molecular flexibility index (Phi) is 18.3. The Morgan fingerprint density at radius 2 is 1.00 bits per heavy atom. The molecule has 0 saturated heterocycles. The fraction of sp³-hybridized carbons (Fsp3) is 0.500. The van der Waals surface area contributed by atoms with Crippen molar-refractivity contribution in [2.45, 2.75) is 13.8 Å². The van der Waals surface area contributed by atoms with E-state index in [4.69, 9.17) is 19.8 Å². The monoisotopic (exact) mass is 172 g/mol. The number of hydrogen-bond donors (Lipinski definition) is 2. The van der Waals surface area contributed by atoms with Gasteiger partial charge in [0.25, 0.3) is 11.9 Å². The van der Waals surface area contributed by atoms with Crippen molar-refractivity contribution in [3.63, 3.8) is 0 Å². The van der Waals surface area contributed by atoms with Gasteiger partial charge in [-0.25, -0.2) is 0 Å². The number of rotatable bonds is 0. The van der Waals surface area contributed by atoms with Gasteiger partial charge in [0.2, 0.25) is 0 Å². The van der Waals surface area contributed by atoms with Crippen LogP contribution in [-0.4, -0.2) is 22.2 Å². The molecule has 0 atom stereocenters. The summed E-state index contributed by atoms with van der Waals surface area (Å²) in [7, 11) is 0. The standard InChI is InChI=1S/2C2H4O2.Cr/c2*1-2(3)4;/h2*1H3,(H,3,4);. The molecule has 0 aromatic heterocycles. The maximum Gasteiger partial charge on any atom is 0.300 e. The summed E-state index contributed by atoms with van der Waals surface area (Å²) in [6, 6.07) is 0. The predicted molar refractivity (Wildman–Crippen MR) is 26.6 cm³/mol. The molecule has 54 valence electrons. The quantitative estimate of drug-likeness (QED) is 0.546. The van der Waals surface area contributed by atoms with Crippen molar-refractivity contribution in [2.75, 3.05) is 0 Å². The zero-order valence-corrected chi connectivity index (χ0v) is 6.39. The third-order valence-electron chi connectivity index (χ3n) is 0. The fourth-order valence-corrected chi connectivity index (χ4v) is 0. The third kappa shape index (κ3) is 804. The summed E-state index contributed by atoms with van der Waals surface area (Å²) in [6.45, 7) is 2.17. The predicted octanol–water partition coefficient (Wildman–Crippen LogP) is 0.179. The van der Waals surface area contributed by atoms with Gasteiger partial charge in [-0.2, -0.15) is 0 Å². The number of carboxylic acids is 2. The fourth-order valence-electron chi connectivity index (χ4n) is 0. The van der Waals surface area contributed by atoms with Crippen molar-refractivity contribution in [2.24, 2.45) is 0 Å². The molecular formula is C4H8CrO4. The molecule has 0 rings (SSSR count). The Balaban J connectivity index is -0.0000000720. The van der Waals surface area contributed by atoms with Crippen LogP contribution in [0.2, 0.25) is 0 Å². The number of aliphatic carboxylic acids is 2. The molecule has 0 aromatic rings. The van der Waals surface area contributed by atoms with Crippen molar-refractivity contribution < 1.29 is 37.2 Å². The van der Waals surface area contributed by atoms with Gasteiger partial charge in [0, 0.05) is 31.2 Å². The molecule has 0 aliphatic carbocycles. The summed E-state index contributed by atoms with van der Waals surface area (Å²) in [5.74, 6) is -1.67. The van der Waals surface area contributed by atoms with Crippen LogP contribution in [0.5, 0.6) is 0 Å². The van der Waals surface area contributed by atoms with Crippen LogP contribution >= 0.6 is 0 Å². The maximum absolute atomic E-state index is 9.00. The van der Waals surface area contributed by atoms with Crippen molar-refractivity contribution in [3.8, 4) is 0 Å². The first-order chi connectivity index (χ1) is 3.46. The second kappa shape index (κ2) is 10.5. The van der Waals surface area contributed by atoms with Crippen LogP contribution in [0, 0.1) is 0 Å². The van der Waals surface area contributed by atoms with Crippen LogP contribution in [0.15, 0.2) is 0 Å². The van der Waals surface area contributed by atoms with Gasteiger partial charge in [0.05, 0.1) is 0 Å². The van der Waals surface area contributed by atoms with Gasteiger partial charge in [0.15, 0.2) is 0 Å². The van der Waals surface area contributed by atoms with Gasteiger partial charge >= 0.3 is 0 Å². The summed E-state index contributed by atoms with van der Waals surface area (Å²) in [5.41, 5.74) is 0. The van der Waals surface area contributed by atoms with Crippen molar-refractivity contribution in [3.05, 3.63) is 0 Å². The molecule has 4 nitrogen and oxygen atoms in total. The largest absolute Gasteiger partial charge is 0.481 e. The third-order valence-corrected chi connectivity index (χ3v) is 0. The first kappa shape index (κ1) is 15.8. The molecule has 2 N–H and O–H groups in total. The summed E-state index contributed by atoms with van der Waals surface area (Å²) in [4.78, 5) is 18.0. The molecule has 9 heavy (non-hydrogen) atoms. The van der Waals surface area contributed by atoms with E-state index in [2.05, 4.69) is 0 Å². The van der Waals surface area contributed by atoms with Crippen molar-refractivity contribution >= 4 is 11.9 Å². The molecule has 0 amide bonds.